The molecule has 4 nitrogen and oxygen atoms in total. The van der Waals surface area contributed by atoms with Gasteiger partial charge in [-0.15, -0.1) is 0 Å². The number of rotatable bonds is 12. The SMILES string of the molecule is CO[Si](OC)(OCN(CCc1ccccc1)CCc1ccccc1)c1ccccc1. The summed E-state index contributed by atoms with van der Waals surface area (Å²) in [5.41, 5.74) is 2.65. The second kappa shape index (κ2) is 11.8. The molecule has 0 atom stereocenters. The maximum Gasteiger partial charge on any atom is 0.537 e. The number of nitrogens with zero attached hydrogens (tertiary/aromatic N) is 1. The summed E-state index contributed by atoms with van der Waals surface area (Å²) in [6.45, 7) is 2.27. The molecule has 158 valence electrons. The second-order valence-electron chi connectivity index (χ2n) is 7.19. The van der Waals surface area contributed by atoms with E-state index in [-0.39, 0.29) is 0 Å². The molecule has 0 bridgehead atoms. The van der Waals surface area contributed by atoms with Crippen LogP contribution in [-0.4, -0.2) is 47.7 Å². The Balaban J connectivity index is 1.68. The highest BCUT2D eigenvalue weighted by Crippen LogP contribution is 2.11. The van der Waals surface area contributed by atoms with E-state index in [9.17, 15) is 0 Å². The van der Waals surface area contributed by atoms with Crippen molar-refractivity contribution >= 4 is 14.0 Å². The van der Waals surface area contributed by atoms with Gasteiger partial charge in [0, 0.05) is 32.5 Å². The van der Waals surface area contributed by atoms with Crippen molar-refractivity contribution in [1.82, 2.24) is 4.90 Å². The molecular formula is C25H31NO3Si. The van der Waals surface area contributed by atoms with E-state index in [0.29, 0.717) is 6.73 Å². The Morgan fingerprint density at radius 2 is 1.07 bits per heavy atom. The van der Waals surface area contributed by atoms with Gasteiger partial charge in [0.1, 0.15) is 0 Å². The zero-order valence-electron chi connectivity index (χ0n) is 17.9. The Labute approximate surface area is 181 Å². The number of hydrogen-bond donors (Lipinski definition) is 0. The Hall–Kier alpha value is -2.28. The van der Waals surface area contributed by atoms with Gasteiger partial charge in [-0.3, -0.25) is 4.90 Å². The fraction of sp³-hybridized carbons (Fsp3) is 0.280. The Kier molecular flexibility index (Phi) is 8.80. The highest BCUT2D eigenvalue weighted by Gasteiger charge is 2.42. The van der Waals surface area contributed by atoms with Crippen LogP contribution in [0.15, 0.2) is 91.0 Å². The monoisotopic (exact) mass is 421 g/mol. The normalized spacial score (nSPS) is 11.7. The molecule has 0 amide bonds. The first-order valence-electron chi connectivity index (χ1n) is 10.4. The molecule has 0 radical (unpaired) electrons. The third-order valence-corrected chi connectivity index (χ3v) is 7.85. The van der Waals surface area contributed by atoms with Gasteiger partial charge in [0.15, 0.2) is 0 Å². The van der Waals surface area contributed by atoms with E-state index in [4.69, 9.17) is 13.3 Å². The summed E-state index contributed by atoms with van der Waals surface area (Å²) < 4.78 is 18.0. The first-order chi connectivity index (χ1) is 14.8. The lowest BCUT2D eigenvalue weighted by Crippen LogP contribution is -2.57. The summed E-state index contributed by atoms with van der Waals surface area (Å²) in [6, 6.07) is 31.1. The summed E-state index contributed by atoms with van der Waals surface area (Å²) >= 11 is 0. The van der Waals surface area contributed by atoms with Crippen molar-refractivity contribution < 1.29 is 13.3 Å². The molecule has 0 saturated carbocycles. The van der Waals surface area contributed by atoms with E-state index < -0.39 is 8.80 Å². The lowest BCUT2D eigenvalue weighted by Gasteiger charge is -2.30. The van der Waals surface area contributed by atoms with Gasteiger partial charge < -0.3 is 13.3 Å². The van der Waals surface area contributed by atoms with Crippen LogP contribution in [0.1, 0.15) is 11.1 Å². The van der Waals surface area contributed by atoms with Crippen LogP contribution in [0, 0.1) is 0 Å². The Morgan fingerprint density at radius 1 is 0.633 bits per heavy atom. The van der Waals surface area contributed by atoms with Crippen LogP contribution in [0.2, 0.25) is 0 Å². The van der Waals surface area contributed by atoms with Crippen LogP contribution in [0.3, 0.4) is 0 Å². The minimum Gasteiger partial charge on any atom is -0.373 e. The van der Waals surface area contributed by atoms with Gasteiger partial charge in [-0.2, -0.15) is 0 Å². The van der Waals surface area contributed by atoms with Crippen LogP contribution >= 0.6 is 0 Å². The predicted octanol–water partition coefficient (Wildman–Crippen LogP) is 3.89. The van der Waals surface area contributed by atoms with Crippen molar-refractivity contribution in [1.29, 1.82) is 0 Å². The third kappa shape index (κ3) is 6.36. The molecule has 0 N–H and O–H groups in total. The summed E-state index contributed by atoms with van der Waals surface area (Å²) in [4.78, 5) is 2.34. The van der Waals surface area contributed by atoms with Crippen LogP contribution in [0.25, 0.3) is 0 Å². The zero-order chi connectivity index (χ0) is 21.1. The minimum absolute atomic E-state index is 0.461. The molecule has 5 heteroatoms. The first-order valence-corrected chi connectivity index (χ1v) is 12.1. The fourth-order valence-corrected chi connectivity index (χ4v) is 5.44. The van der Waals surface area contributed by atoms with Crippen LogP contribution < -0.4 is 5.19 Å². The Morgan fingerprint density at radius 3 is 1.50 bits per heavy atom. The van der Waals surface area contributed by atoms with Gasteiger partial charge in [0.25, 0.3) is 0 Å². The average molecular weight is 422 g/mol. The molecule has 0 saturated heterocycles. The molecule has 0 aliphatic rings. The lowest BCUT2D eigenvalue weighted by molar-refractivity contribution is 0.0476. The molecule has 3 aromatic rings. The number of benzene rings is 3. The summed E-state index contributed by atoms with van der Waals surface area (Å²) in [5.74, 6) is 0. The molecule has 0 aliphatic carbocycles. The quantitative estimate of drug-likeness (QED) is 0.328. The van der Waals surface area contributed by atoms with E-state index >= 15 is 0 Å². The van der Waals surface area contributed by atoms with E-state index in [1.165, 1.54) is 11.1 Å². The standard InChI is InChI=1S/C25H31NO3Si/c1-27-30(28-2,25-16-10-5-11-17-25)29-22-26(20-18-23-12-6-3-7-13-23)21-19-24-14-8-4-9-15-24/h3-17H,18-22H2,1-2H3. The van der Waals surface area contributed by atoms with Crippen LogP contribution in [0.5, 0.6) is 0 Å². The van der Waals surface area contributed by atoms with Gasteiger partial charge in [-0.05, 0) is 24.0 Å². The molecule has 0 unspecified atom stereocenters. The van der Waals surface area contributed by atoms with Gasteiger partial charge in [0.2, 0.25) is 0 Å². The van der Waals surface area contributed by atoms with Crippen molar-refractivity contribution in [2.45, 2.75) is 12.8 Å². The van der Waals surface area contributed by atoms with Gasteiger partial charge in [-0.1, -0.05) is 91.0 Å². The topological polar surface area (TPSA) is 30.9 Å². The van der Waals surface area contributed by atoms with Crippen molar-refractivity contribution in [2.24, 2.45) is 0 Å². The highest BCUT2D eigenvalue weighted by molar-refractivity contribution is 6.75. The smallest absolute Gasteiger partial charge is 0.373 e. The van der Waals surface area contributed by atoms with E-state index in [1.54, 1.807) is 14.2 Å². The first kappa shape index (κ1) is 22.4. The van der Waals surface area contributed by atoms with Gasteiger partial charge >= 0.3 is 8.80 Å². The largest absolute Gasteiger partial charge is 0.537 e. The summed E-state index contributed by atoms with van der Waals surface area (Å²) in [7, 11) is 0.395. The highest BCUT2D eigenvalue weighted by atomic mass is 28.4. The fourth-order valence-electron chi connectivity index (χ4n) is 3.44. The van der Waals surface area contributed by atoms with E-state index in [2.05, 4.69) is 65.6 Å². The molecule has 0 spiro atoms. The van der Waals surface area contributed by atoms with Crippen molar-refractivity contribution in [3.8, 4) is 0 Å². The molecule has 0 aromatic heterocycles. The van der Waals surface area contributed by atoms with Gasteiger partial charge in [-0.25, -0.2) is 0 Å². The zero-order valence-corrected chi connectivity index (χ0v) is 18.9. The minimum atomic E-state index is -2.94. The lowest BCUT2D eigenvalue weighted by atomic mass is 10.1. The Bertz CT molecular complexity index is 799. The maximum absolute atomic E-state index is 6.37. The average Bonchev–Trinajstić information content (AvgIpc) is 2.83. The molecular weight excluding hydrogens is 390 g/mol. The molecule has 0 aliphatic heterocycles. The third-order valence-electron chi connectivity index (χ3n) is 5.22. The molecule has 30 heavy (non-hydrogen) atoms. The van der Waals surface area contributed by atoms with Crippen molar-refractivity contribution in [3.63, 3.8) is 0 Å². The molecule has 3 rings (SSSR count). The van der Waals surface area contributed by atoms with Crippen molar-refractivity contribution in [2.75, 3.05) is 34.0 Å². The summed E-state index contributed by atoms with van der Waals surface area (Å²) in [5, 5.41) is 0.973. The molecule has 0 heterocycles. The van der Waals surface area contributed by atoms with E-state index in [0.717, 1.165) is 31.1 Å². The van der Waals surface area contributed by atoms with Crippen molar-refractivity contribution in [3.05, 3.63) is 102 Å². The van der Waals surface area contributed by atoms with Gasteiger partial charge in [0.05, 0.1) is 6.73 Å². The van der Waals surface area contributed by atoms with Crippen LogP contribution in [-0.2, 0) is 26.1 Å². The number of hydrogen-bond acceptors (Lipinski definition) is 4. The van der Waals surface area contributed by atoms with Crippen LogP contribution in [0.4, 0.5) is 0 Å². The molecule has 0 fully saturated rings. The maximum atomic E-state index is 6.37. The summed E-state index contributed by atoms with van der Waals surface area (Å²) in [6.07, 6.45) is 1.94. The second-order valence-corrected chi connectivity index (χ2v) is 9.99. The van der Waals surface area contributed by atoms with E-state index in [1.807, 2.05) is 30.3 Å². The molecule has 3 aromatic carbocycles. The predicted molar refractivity (Wildman–Crippen MR) is 124 cm³/mol.